The molecule has 2 saturated carbocycles. The van der Waals surface area contributed by atoms with E-state index in [9.17, 15) is 5.11 Å². The number of nitrogens with two attached hydrogens (primary N) is 1. The van der Waals surface area contributed by atoms with Crippen LogP contribution in [-0.4, -0.2) is 16.7 Å². The Labute approximate surface area is 74.1 Å². The molecule has 0 heterocycles. The van der Waals surface area contributed by atoms with Gasteiger partial charge in [-0.05, 0) is 31.6 Å². The van der Waals surface area contributed by atoms with E-state index in [0.29, 0.717) is 0 Å². The molecule has 2 aliphatic carbocycles. The molecular formula is C10H19NO. The van der Waals surface area contributed by atoms with Crippen LogP contribution in [0.2, 0.25) is 0 Å². The minimum Gasteiger partial charge on any atom is -0.388 e. The van der Waals surface area contributed by atoms with Gasteiger partial charge in [0.25, 0.3) is 0 Å². The van der Waals surface area contributed by atoms with Crippen molar-refractivity contribution in [1.82, 2.24) is 0 Å². The van der Waals surface area contributed by atoms with Gasteiger partial charge in [0.15, 0.2) is 0 Å². The van der Waals surface area contributed by atoms with Crippen LogP contribution in [0.1, 0.15) is 44.9 Å². The lowest BCUT2D eigenvalue weighted by molar-refractivity contribution is -0.0624. The molecule has 3 N–H and O–H groups in total. The van der Waals surface area contributed by atoms with E-state index < -0.39 is 5.60 Å². The van der Waals surface area contributed by atoms with Crippen molar-refractivity contribution in [2.45, 2.75) is 56.6 Å². The fourth-order valence-corrected chi connectivity index (χ4v) is 2.22. The molecule has 0 aromatic heterocycles. The van der Waals surface area contributed by atoms with Gasteiger partial charge in [0, 0.05) is 6.04 Å². The molecule has 1 atom stereocenters. The average molecular weight is 169 g/mol. The summed E-state index contributed by atoms with van der Waals surface area (Å²) in [5.41, 5.74) is 5.50. The summed E-state index contributed by atoms with van der Waals surface area (Å²) < 4.78 is 0. The van der Waals surface area contributed by atoms with E-state index in [-0.39, 0.29) is 6.04 Å². The molecule has 0 aromatic rings. The Bertz CT molecular complexity index is 161. The summed E-state index contributed by atoms with van der Waals surface area (Å²) in [6, 6.07) is 0.0524. The minimum absolute atomic E-state index is 0.0524. The molecular weight excluding hydrogens is 150 g/mol. The molecule has 2 heteroatoms. The largest absolute Gasteiger partial charge is 0.388 e. The molecule has 2 aliphatic rings. The third-order valence-corrected chi connectivity index (χ3v) is 3.72. The maximum Gasteiger partial charge on any atom is 0.0798 e. The molecule has 12 heavy (non-hydrogen) atoms. The Morgan fingerprint density at radius 3 is 2.33 bits per heavy atom. The van der Waals surface area contributed by atoms with Gasteiger partial charge in [0.1, 0.15) is 0 Å². The van der Waals surface area contributed by atoms with E-state index in [4.69, 9.17) is 5.73 Å². The van der Waals surface area contributed by atoms with E-state index in [1.54, 1.807) is 0 Å². The lowest BCUT2D eigenvalue weighted by Gasteiger charge is -2.43. The molecule has 0 aromatic carbocycles. The average Bonchev–Trinajstić information content (AvgIpc) is 1.91. The lowest BCUT2D eigenvalue weighted by Crippen LogP contribution is -2.53. The quantitative estimate of drug-likeness (QED) is 0.671. The zero-order valence-corrected chi connectivity index (χ0v) is 7.63. The standard InChI is InChI=1S/C10H19NO/c11-9(7-8-3-1-4-8)10(12)5-2-6-10/h8-9,12H,1-7,11H2. The maximum absolute atomic E-state index is 9.92. The molecule has 2 nitrogen and oxygen atoms in total. The predicted octanol–water partition coefficient (Wildman–Crippen LogP) is 1.42. The second-order valence-electron chi connectivity index (χ2n) is 4.60. The third-order valence-electron chi connectivity index (χ3n) is 3.72. The van der Waals surface area contributed by atoms with Gasteiger partial charge in [0.05, 0.1) is 5.60 Å². The van der Waals surface area contributed by atoms with Gasteiger partial charge in [-0.15, -0.1) is 0 Å². The second kappa shape index (κ2) is 3.00. The number of aliphatic hydroxyl groups is 1. The molecule has 0 spiro atoms. The van der Waals surface area contributed by atoms with Crippen molar-refractivity contribution in [3.63, 3.8) is 0 Å². The smallest absolute Gasteiger partial charge is 0.0798 e. The first-order chi connectivity index (χ1) is 5.71. The van der Waals surface area contributed by atoms with Crippen LogP contribution in [0.5, 0.6) is 0 Å². The molecule has 70 valence electrons. The van der Waals surface area contributed by atoms with Crippen LogP contribution in [0.4, 0.5) is 0 Å². The van der Waals surface area contributed by atoms with E-state index in [1.807, 2.05) is 0 Å². The number of hydrogen-bond acceptors (Lipinski definition) is 2. The molecule has 2 rings (SSSR count). The minimum atomic E-state index is -0.477. The highest BCUT2D eigenvalue weighted by molar-refractivity contribution is 4.97. The van der Waals surface area contributed by atoms with Gasteiger partial charge < -0.3 is 10.8 Å². The van der Waals surface area contributed by atoms with Crippen molar-refractivity contribution >= 4 is 0 Å². The van der Waals surface area contributed by atoms with Crippen molar-refractivity contribution in [2.24, 2.45) is 11.7 Å². The summed E-state index contributed by atoms with van der Waals surface area (Å²) in [6.07, 6.45) is 8.12. The molecule has 1 unspecified atom stereocenters. The highest BCUT2D eigenvalue weighted by atomic mass is 16.3. The van der Waals surface area contributed by atoms with Crippen molar-refractivity contribution in [1.29, 1.82) is 0 Å². The predicted molar refractivity (Wildman–Crippen MR) is 48.7 cm³/mol. The van der Waals surface area contributed by atoms with Gasteiger partial charge in [-0.25, -0.2) is 0 Å². The van der Waals surface area contributed by atoms with E-state index in [0.717, 1.165) is 31.6 Å². The van der Waals surface area contributed by atoms with Crippen molar-refractivity contribution in [3.8, 4) is 0 Å². The Morgan fingerprint density at radius 2 is 2.00 bits per heavy atom. The summed E-state index contributed by atoms with van der Waals surface area (Å²) in [5.74, 6) is 0.824. The molecule has 0 amide bonds. The molecule has 0 aliphatic heterocycles. The highest BCUT2D eigenvalue weighted by Gasteiger charge is 2.41. The first-order valence-electron chi connectivity index (χ1n) is 5.19. The van der Waals surface area contributed by atoms with Crippen molar-refractivity contribution in [2.75, 3.05) is 0 Å². The summed E-state index contributed by atoms with van der Waals surface area (Å²) in [6.45, 7) is 0. The molecule has 2 fully saturated rings. The van der Waals surface area contributed by atoms with Gasteiger partial charge in [-0.2, -0.15) is 0 Å². The Morgan fingerprint density at radius 1 is 1.33 bits per heavy atom. The van der Waals surface area contributed by atoms with Crippen molar-refractivity contribution in [3.05, 3.63) is 0 Å². The molecule has 0 bridgehead atoms. The Hall–Kier alpha value is -0.0800. The Balaban J connectivity index is 1.78. The summed E-state index contributed by atoms with van der Waals surface area (Å²) in [4.78, 5) is 0. The van der Waals surface area contributed by atoms with Crippen molar-refractivity contribution < 1.29 is 5.11 Å². The monoisotopic (exact) mass is 169 g/mol. The second-order valence-corrected chi connectivity index (χ2v) is 4.60. The van der Waals surface area contributed by atoms with Crippen LogP contribution in [-0.2, 0) is 0 Å². The van der Waals surface area contributed by atoms with Crippen LogP contribution >= 0.6 is 0 Å². The van der Waals surface area contributed by atoms with Gasteiger partial charge in [-0.1, -0.05) is 19.3 Å². The van der Waals surface area contributed by atoms with Crippen LogP contribution < -0.4 is 5.73 Å². The first-order valence-corrected chi connectivity index (χ1v) is 5.19. The topological polar surface area (TPSA) is 46.2 Å². The van der Waals surface area contributed by atoms with E-state index in [1.165, 1.54) is 19.3 Å². The SMILES string of the molecule is NC(CC1CCC1)C1(O)CCC1. The summed E-state index contributed by atoms with van der Waals surface area (Å²) >= 11 is 0. The third kappa shape index (κ3) is 1.38. The van der Waals surface area contributed by atoms with E-state index >= 15 is 0 Å². The Kier molecular flexibility index (Phi) is 2.13. The van der Waals surface area contributed by atoms with Crippen LogP contribution in [0.3, 0.4) is 0 Å². The lowest BCUT2D eigenvalue weighted by atomic mass is 9.70. The normalized spacial score (nSPS) is 30.5. The van der Waals surface area contributed by atoms with Gasteiger partial charge in [-0.3, -0.25) is 0 Å². The van der Waals surface area contributed by atoms with Crippen LogP contribution in [0.15, 0.2) is 0 Å². The highest BCUT2D eigenvalue weighted by Crippen LogP contribution is 2.39. The first kappa shape index (κ1) is 8.52. The molecule has 0 radical (unpaired) electrons. The zero-order chi connectivity index (χ0) is 8.60. The zero-order valence-electron chi connectivity index (χ0n) is 7.63. The summed E-state index contributed by atoms with van der Waals surface area (Å²) in [5, 5.41) is 9.92. The van der Waals surface area contributed by atoms with E-state index in [2.05, 4.69) is 0 Å². The fraction of sp³-hybridized carbons (Fsp3) is 1.00. The maximum atomic E-state index is 9.92. The van der Waals surface area contributed by atoms with Crippen LogP contribution in [0, 0.1) is 5.92 Å². The number of hydrogen-bond donors (Lipinski definition) is 2. The van der Waals surface area contributed by atoms with Gasteiger partial charge >= 0.3 is 0 Å². The summed E-state index contributed by atoms with van der Waals surface area (Å²) in [7, 11) is 0. The fourth-order valence-electron chi connectivity index (χ4n) is 2.22. The van der Waals surface area contributed by atoms with Gasteiger partial charge in [0.2, 0.25) is 0 Å². The molecule has 0 saturated heterocycles. The number of rotatable bonds is 3. The van der Waals surface area contributed by atoms with Crippen LogP contribution in [0.25, 0.3) is 0 Å².